The van der Waals surface area contributed by atoms with Gasteiger partial charge in [0.25, 0.3) is 5.91 Å². The molecule has 20 heavy (non-hydrogen) atoms. The number of rotatable bonds is 5. The molecule has 0 saturated heterocycles. The van der Waals surface area contributed by atoms with Crippen LogP contribution in [0.4, 0.5) is 16.1 Å². The summed E-state index contributed by atoms with van der Waals surface area (Å²) in [7, 11) is 0. The summed E-state index contributed by atoms with van der Waals surface area (Å²) in [6, 6.07) is 0. The smallest absolute Gasteiger partial charge is 0.271 e. The number of thiazole rings is 1. The van der Waals surface area contributed by atoms with Crippen molar-refractivity contribution in [2.45, 2.75) is 20.8 Å². The van der Waals surface area contributed by atoms with Gasteiger partial charge in [-0.05, 0) is 20.8 Å². The molecule has 0 aliphatic carbocycles. The van der Waals surface area contributed by atoms with Crippen LogP contribution >= 0.6 is 22.9 Å². The van der Waals surface area contributed by atoms with Gasteiger partial charge in [0, 0.05) is 24.6 Å². The number of hydrogen-bond acceptors (Lipinski definition) is 8. The summed E-state index contributed by atoms with van der Waals surface area (Å²) in [6.07, 6.45) is 0. The van der Waals surface area contributed by atoms with Crippen LogP contribution in [0.5, 0.6) is 0 Å². The number of nitrogen functional groups attached to an aromatic ring is 1. The maximum Gasteiger partial charge on any atom is 0.271 e. The van der Waals surface area contributed by atoms with Crippen molar-refractivity contribution in [2.24, 2.45) is 0 Å². The van der Waals surface area contributed by atoms with Gasteiger partial charge in [0.2, 0.25) is 5.13 Å². The van der Waals surface area contributed by atoms with E-state index in [0.29, 0.717) is 15.8 Å². The lowest BCUT2D eigenvalue weighted by atomic mass is 10.5. The molecular formula is C11H16N6OS2. The third-order valence-electron chi connectivity index (χ3n) is 2.63. The quantitative estimate of drug-likeness (QED) is 0.876. The molecule has 1 amide bonds. The van der Waals surface area contributed by atoms with Crippen molar-refractivity contribution in [3.8, 4) is 0 Å². The first-order chi connectivity index (χ1) is 9.55. The van der Waals surface area contributed by atoms with Gasteiger partial charge in [-0.2, -0.15) is 4.37 Å². The second kappa shape index (κ2) is 6.14. The molecule has 0 unspecified atom stereocenters. The van der Waals surface area contributed by atoms with Gasteiger partial charge in [0.15, 0.2) is 5.13 Å². The molecule has 2 heterocycles. The van der Waals surface area contributed by atoms with Crippen LogP contribution in [0.15, 0.2) is 0 Å². The lowest BCUT2D eigenvalue weighted by Gasteiger charge is -2.16. The lowest BCUT2D eigenvalue weighted by molar-refractivity contribution is 0.103. The molecule has 2 rings (SSSR count). The third kappa shape index (κ3) is 3.05. The molecule has 0 bridgehead atoms. The molecule has 9 heteroatoms. The van der Waals surface area contributed by atoms with E-state index in [1.807, 2.05) is 18.7 Å². The Balaban J connectivity index is 2.17. The molecule has 0 aliphatic heterocycles. The van der Waals surface area contributed by atoms with Gasteiger partial charge < -0.3 is 10.6 Å². The van der Waals surface area contributed by atoms with E-state index in [-0.39, 0.29) is 11.7 Å². The van der Waals surface area contributed by atoms with Crippen molar-refractivity contribution in [1.82, 2.24) is 14.3 Å². The van der Waals surface area contributed by atoms with Crippen molar-refractivity contribution in [2.75, 3.05) is 29.0 Å². The Morgan fingerprint density at radius 2 is 2.05 bits per heavy atom. The molecule has 0 aromatic carbocycles. The number of anilines is 3. The highest BCUT2D eigenvalue weighted by Gasteiger charge is 2.19. The topological polar surface area (TPSA) is 97.0 Å². The minimum atomic E-state index is -0.297. The highest BCUT2D eigenvalue weighted by molar-refractivity contribution is 7.18. The maximum atomic E-state index is 12.2. The van der Waals surface area contributed by atoms with Crippen molar-refractivity contribution in [1.29, 1.82) is 0 Å². The van der Waals surface area contributed by atoms with Gasteiger partial charge in [-0.25, -0.2) is 9.97 Å². The zero-order valence-electron chi connectivity index (χ0n) is 11.5. The molecular weight excluding hydrogens is 296 g/mol. The zero-order valence-corrected chi connectivity index (χ0v) is 13.1. The Labute approximate surface area is 125 Å². The number of carbonyl (C=O) groups excluding carboxylic acids is 1. The van der Waals surface area contributed by atoms with Gasteiger partial charge in [0.05, 0.1) is 0 Å². The van der Waals surface area contributed by atoms with E-state index in [9.17, 15) is 4.79 Å². The number of nitrogens with one attached hydrogen (secondary N) is 1. The number of nitrogens with zero attached hydrogens (tertiary/aromatic N) is 4. The highest BCUT2D eigenvalue weighted by Crippen LogP contribution is 2.28. The maximum absolute atomic E-state index is 12.2. The van der Waals surface area contributed by atoms with Crippen LogP contribution in [0.2, 0.25) is 0 Å². The number of aryl methyl sites for hydroxylation is 1. The lowest BCUT2D eigenvalue weighted by Crippen LogP contribution is -2.21. The number of amides is 1. The third-order valence-corrected chi connectivity index (χ3v) is 4.48. The number of carbonyl (C=O) groups is 1. The van der Waals surface area contributed by atoms with Gasteiger partial charge in [-0.3, -0.25) is 10.1 Å². The summed E-state index contributed by atoms with van der Waals surface area (Å²) >= 11 is 2.43. The van der Waals surface area contributed by atoms with Crippen LogP contribution < -0.4 is 16.0 Å². The molecule has 0 saturated carbocycles. The van der Waals surface area contributed by atoms with Gasteiger partial charge in [-0.1, -0.05) is 11.3 Å². The average molecular weight is 312 g/mol. The molecule has 3 N–H and O–H groups in total. The van der Waals surface area contributed by atoms with E-state index >= 15 is 0 Å². The first-order valence-electron chi connectivity index (χ1n) is 6.18. The highest BCUT2D eigenvalue weighted by atomic mass is 32.1. The van der Waals surface area contributed by atoms with Gasteiger partial charge in [0.1, 0.15) is 16.5 Å². The van der Waals surface area contributed by atoms with E-state index < -0.39 is 0 Å². The first kappa shape index (κ1) is 14.7. The SMILES string of the molecule is CCN(CC)c1nc(N)c(C(=O)Nc2nc(C)ns2)s1. The fourth-order valence-corrected chi connectivity index (χ4v) is 3.19. The summed E-state index contributed by atoms with van der Waals surface area (Å²) in [4.78, 5) is 22.9. The monoisotopic (exact) mass is 312 g/mol. The first-order valence-corrected chi connectivity index (χ1v) is 7.77. The Bertz CT molecular complexity index is 604. The van der Waals surface area contributed by atoms with Crippen molar-refractivity contribution in [3.63, 3.8) is 0 Å². The summed E-state index contributed by atoms with van der Waals surface area (Å²) in [6.45, 7) is 7.47. The van der Waals surface area contributed by atoms with E-state index in [1.54, 1.807) is 6.92 Å². The van der Waals surface area contributed by atoms with Crippen molar-refractivity contribution < 1.29 is 4.79 Å². The molecule has 108 valence electrons. The Hall–Kier alpha value is -1.74. The molecule has 0 aliphatic rings. The van der Waals surface area contributed by atoms with E-state index in [2.05, 4.69) is 19.7 Å². The molecule has 2 aromatic rings. The molecule has 0 spiro atoms. The van der Waals surface area contributed by atoms with E-state index in [1.165, 1.54) is 11.3 Å². The van der Waals surface area contributed by atoms with E-state index in [4.69, 9.17) is 5.73 Å². The predicted molar refractivity (Wildman–Crippen MR) is 82.7 cm³/mol. The molecule has 0 radical (unpaired) electrons. The fraction of sp³-hybridized carbons (Fsp3) is 0.455. The summed E-state index contributed by atoms with van der Waals surface area (Å²) < 4.78 is 4.01. The Morgan fingerprint density at radius 3 is 2.60 bits per heavy atom. The van der Waals surface area contributed by atoms with Crippen LogP contribution in [0.1, 0.15) is 29.3 Å². The minimum Gasteiger partial charge on any atom is -0.382 e. The standard InChI is InChI=1S/C11H16N6OS2/c1-4-17(5-2)11-14-8(12)7(19-11)9(18)15-10-13-6(3)16-20-10/h4-5,12H2,1-3H3,(H,13,15,16,18). The summed E-state index contributed by atoms with van der Waals surface area (Å²) in [5, 5.41) is 3.90. The fourth-order valence-electron chi connectivity index (χ4n) is 1.61. The summed E-state index contributed by atoms with van der Waals surface area (Å²) in [5.41, 5.74) is 5.83. The minimum absolute atomic E-state index is 0.246. The predicted octanol–water partition coefficient (Wildman–Crippen LogP) is 1.98. The molecule has 7 nitrogen and oxygen atoms in total. The van der Waals surface area contributed by atoms with Crippen LogP contribution in [0, 0.1) is 6.92 Å². The van der Waals surface area contributed by atoms with Crippen LogP contribution in [0.3, 0.4) is 0 Å². The second-order valence-corrected chi connectivity index (χ2v) is 5.71. The number of aromatic nitrogens is 3. The van der Waals surface area contributed by atoms with Gasteiger partial charge >= 0.3 is 0 Å². The largest absolute Gasteiger partial charge is 0.382 e. The van der Waals surface area contributed by atoms with Crippen LogP contribution in [-0.2, 0) is 0 Å². The van der Waals surface area contributed by atoms with Crippen molar-refractivity contribution in [3.05, 3.63) is 10.7 Å². The molecule has 2 aromatic heterocycles. The average Bonchev–Trinajstić information content (AvgIpc) is 2.98. The van der Waals surface area contributed by atoms with E-state index in [0.717, 1.165) is 29.8 Å². The van der Waals surface area contributed by atoms with Crippen molar-refractivity contribution >= 4 is 44.9 Å². The zero-order chi connectivity index (χ0) is 14.7. The summed E-state index contributed by atoms with van der Waals surface area (Å²) in [5.74, 6) is 0.580. The molecule has 0 fully saturated rings. The number of nitrogens with two attached hydrogens (primary N) is 1. The van der Waals surface area contributed by atoms with Gasteiger partial charge in [-0.15, -0.1) is 0 Å². The Morgan fingerprint density at radius 1 is 1.35 bits per heavy atom. The Kier molecular flexibility index (Phi) is 4.50. The van der Waals surface area contributed by atoms with Crippen LogP contribution in [-0.4, -0.2) is 33.3 Å². The molecule has 0 atom stereocenters. The second-order valence-electron chi connectivity index (χ2n) is 3.98. The van der Waals surface area contributed by atoms with Crippen LogP contribution in [0.25, 0.3) is 0 Å². The number of hydrogen-bond donors (Lipinski definition) is 2. The normalized spacial score (nSPS) is 10.6.